The largest absolute Gasteiger partial charge is 0.472 e. The fourth-order valence-corrected chi connectivity index (χ4v) is 5.79. The molecule has 0 heterocycles. The SMILES string of the molecule is CCCCCCCCC=CCCCCCCCC(=O)OCC(COP(=O)(O)OCCN)OC(=O)CCCC=CCC=CCC=CCC=CC=CC(O)CC. The third-order valence-electron chi connectivity index (χ3n) is 8.23. The van der Waals surface area contributed by atoms with E-state index in [-0.39, 0.29) is 38.7 Å². The van der Waals surface area contributed by atoms with Crippen molar-refractivity contribution in [2.45, 2.75) is 161 Å². The lowest BCUT2D eigenvalue weighted by molar-refractivity contribution is -0.161. The Bertz CT molecular complexity index is 1130. The van der Waals surface area contributed by atoms with Gasteiger partial charge in [0.05, 0.1) is 19.3 Å². The number of nitrogens with two attached hydrogens (primary N) is 1. The summed E-state index contributed by atoms with van der Waals surface area (Å²) in [5.41, 5.74) is 5.33. The molecule has 10 nitrogen and oxygen atoms in total. The fourth-order valence-electron chi connectivity index (χ4n) is 5.03. The molecule has 0 spiro atoms. The third kappa shape index (κ3) is 37.7. The zero-order chi connectivity index (χ0) is 39.8. The zero-order valence-electron chi connectivity index (χ0n) is 33.5. The molecular formula is C43H74NO9P. The number of carbonyl (C=O) groups excluding carboxylic acids is 2. The number of phosphoric ester groups is 1. The summed E-state index contributed by atoms with van der Waals surface area (Å²) in [7, 11) is -4.40. The summed E-state index contributed by atoms with van der Waals surface area (Å²) in [5, 5.41) is 9.46. The van der Waals surface area contributed by atoms with Gasteiger partial charge < -0.3 is 25.2 Å². The van der Waals surface area contributed by atoms with E-state index < -0.39 is 32.5 Å². The second kappa shape index (κ2) is 38.7. The van der Waals surface area contributed by atoms with E-state index in [1.807, 2.05) is 37.3 Å². The smallest absolute Gasteiger partial charge is 0.462 e. The Kier molecular flexibility index (Phi) is 36.8. The minimum Gasteiger partial charge on any atom is -0.462 e. The molecule has 0 aromatic heterocycles. The predicted octanol–water partition coefficient (Wildman–Crippen LogP) is 10.5. The molecule has 0 fully saturated rings. The summed E-state index contributed by atoms with van der Waals surface area (Å²) in [5.74, 6) is -0.933. The highest BCUT2D eigenvalue weighted by atomic mass is 31.2. The van der Waals surface area contributed by atoms with Crippen molar-refractivity contribution >= 4 is 19.8 Å². The number of hydrogen-bond donors (Lipinski definition) is 3. The van der Waals surface area contributed by atoms with Crippen molar-refractivity contribution in [3.8, 4) is 0 Å². The van der Waals surface area contributed by atoms with Crippen LogP contribution in [-0.2, 0) is 32.7 Å². The summed E-state index contributed by atoms with van der Waals surface area (Å²) in [6, 6.07) is 0. The van der Waals surface area contributed by atoms with Gasteiger partial charge in [-0.2, -0.15) is 0 Å². The molecule has 0 aliphatic carbocycles. The molecule has 310 valence electrons. The van der Waals surface area contributed by atoms with Gasteiger partial charge in [0.15, 0.2) is 6.10 Å². The van der Waals surface area contributed by atoms with Crippen LogP contribution in [0.25, 0.3) is 0 Å². The number of hydrogen-bond acceptors (Lipinski definition) is 9. The van der Waals surface area contributed by atoms with Crippen molar-refractivity contribution in [1.82, 2.24) is 0 Å². The number of allylic oxidation sites excluding steroid dienone is 11. The molecule has 0 saturated heterocycles. The van der Waals surface area contributed by atoms with Gasteiger partial charge in [0.1, 0.15) is 6.61 Å². The summed E-state index contributed by atoms with van der Waals surface area (Å²) < 4.78 is 32.6. The third-order valence-corrected chi connectivity index (χ3v) is 9.22. The number of rotatable bonds is 37. The van der Waals surface area contributed by atoms with Crippen LogP contribution < -0.4 is 5.73 Å². The van der Waals surface area contributed by atoms with Gasteiger partial charge >= 0.3 is 19.8 Å². The molecule has 0 saturated carbocycles. The van der Waals surface area contributed by atoms with Crippen molar-refractivity contribution in [3.05, 3.63) is 72.9 Å². The average Bonchev–Trinajstić information content (AvgIpc) is 3.16. The van der Waals surface area contributed by atoms with Crippen LogP contribution in [0.3, 0.4) is 0 Å². The van der Waals surface area contributed by atoms with E-state index in [4.69, 9.17) is 24.3 Å². The number of ether oxygens (including phenoxy) is 2. The molecule has 11 heteroatoms. The molecule has 0 aliphatic rings. The first kappa shape index (κ1) is 51.4. The molecule has 4 N–H and O–H groups in total. The van der Waals surface area contributed by atoms with Gasteiger partial charge in [0.2, 0.25) is 0 Å². The van der Waals surface area contributed by atoms with Gasteiger partial charge in [0, 0.05) is 19.4 Å². The Labute approximate surface area is 327 Å². The number of unbranched alkanes of at least 4 members (excludes halogenated alkanes) is 12. The van der Waals surface area contributed by atoms with E-state index in [1.165, 1.54) is 44.9 Å². The Morgan fingerprint density at radius 1 is 0.648 bits per heavy atom. The standard InChI is InChI=1S/C43H74NO9P/c1-3-5-6-7-8-9-10-11-12-16-19-22-25-28-31-34-42(46)50-38-41(39-52-54(48,49)51-37-36-44)53-43(47)35-32-29-26-23-20-17-14-13-15-18-21-24-27-30-33-40(45)4-2/h11-12,14-15,17-18,23-24,26-27,30,33,40-41,45H,3-10,13,16,19-22,25,28-29,31-32,34-39,44H2,1-2H3,(H,48,49). The van der Waals surface area contributed by atoms with Crippen molar-refractivity contribution in [1.29, 1.82) is 0 Å². The monoisotopic (exact) mass is 780 g/mol. The zero-order valence-corrected chi connectivity index (χ0v) is 34.4. The van der Waals surface area contributed by atoms with Crippen LogP contribution in [0.15, 0.2) is 72.9 Å². The summed E-state index contributed by atoms with van der Waals surface area (Å²) in [4.78, 5) is 34.8. The lowest BCUT2D eigenvalue weighted by Gasteiger charge is -2.19. The molecule has 0 radical (unpaired) electrons. The lowest BCUT2D eigenvalue weighted by atomic mass is 10.1. The maximum absolute atomic E-state index is 12.5. The molecule has 0 amide bonds. The number of carbonyl (C=O) groups is 2. The van der Waals surface area contributed by atoms with Crippen molar-refractivity contribution in [2.24, 2.45) is 5.73 Å². The maximum atomic E-state index is 12.5. The quantitative estimate of drug-likeness (QED) is 0.0182. The van der Waals surface area contributed by atoms with Crippen LogP contribution >= 0.6 is 7.82 Å². The lowest BCUT2D eigenvalue weighted by Crippen LogP contribution is -2.29. The Hall–Kier alpha value is -2.59. The number of esters is 2. The normalized spacial score (nSPS) is 14.7. The predicted molar refractivity (Wildman–Crippen MR) is 221 cm³/mol. The van der Waals surface area contributed by atoms with E-state index in [0.29, 0.717) is 25.7 Å². The van der Waals surface area contributed by atoms with Crippen LogP contribution in [-0.4, -0.2) is 60.5 Å². The van der Waals surface area contributed by atoms with E-state index in [2.05, 4.69) is 43.4 Å². The highest BCUT2D eigenvalue weighted by Gasteiger charge is 2.25. The van der Waals surface area contributed by atoms with E-state index >= 15 is 0 Å². The van der Waals surface area contributed by atoms with Crippen molar-refractivity contribution in [2.75, 3.05) is 26.4 Å². The van der Waals surface area contributed by atoms with Crippen molar-refractivity contribution < 1.29 is 42.7 Å². The molecule has 3 unspecified atom stereocenters. The summed E-state index contributed by atoms with van der Waals surface area (Å²) >= 11 is 0. The van der Waals surface area contributed by atoms with E-state index in [9.17, 15) is 24.2 Å². The van der Waals surface area contributed by atoms with Gasteiger partial charge in [-0.15, -0.1) is 0 Å². The molecule has 54 heavy (non-hydrogen) atoms. The van der Waals surface area contributed by atoms with Gasteiger partial charge in [-0.25, -0.2) is 4.57 Å². The minimum absolute atomic E-state index is 0.0338. The second-order valence-corrected chi connectivity index (χ2v) is 14.8. The van der Waals surface area contributed by atoms with E-state index in [0.717, 1.165) is 51.4 Å². The first-order chi connectivity index (χ1) is 26.2. The van der Waals surface area contributed by atoms with Crippen LogP contribution in [0.5, 0.6) is 0 Å². The van der Waals surface area contributed by atoms with Crippen LogP contribution in [0, 0.1) is 0 Å². The highest BCUT2D eigenvalue weighted by Crippen LogP contribution is 2.43. The molecule has 3 atom stereocenters. The first-order valence-electron chi connectivity index (χ1n) is 20.5. The Morgan fingerprint density at radius 2 is 1.19 bits per heavy atom. The Morgan fingerprint density at radius 3 is 1.81 bits per heavy atom. The van der Waals surface area contributed by atoms with Gasteiger partial charge in [0.25, 0.3) is 0 Å². The Balaban J connectivity index is 4.34. The minimum atomic E-state index is -4.40. The molecule has 0 aromatic rings. The van der Waals surface area contributed by atoms with Crippen molar-refractivity contribution in [3.63, 3.8) is 0 Å². The highest BCUT2D eigenvalue weighted by molar-refractivity contribution is 7.47. The number of aliphatic hydroxyl groups excluding tert-OH is 1. The molecular weight excluding hydrogens is 705 g/mol. The van der Waals surface area contributed by atoms with Gasteiger partial charge in [-0.05, 0) is 70.6 Å². The van der Waals surface area contributed by atoms with Crippen LogP contribution in [0.1, 0.15) is 149 Å². The van der Waals surface area contributed by atoms with Gasteiger partial charge in [-0.3, -0.25) is 18.6 Å². The molecule has 0 aromatic carbocycles. The number of phosphoric acid groups is 1. The van der Waals surface area contributed by atoms with E-state index in [1.54, 1.807) is 6.08 Å². The van der Waals surface area contributed by atoms with Gasteiger partial charge in [-0.1, -0.05) is 138 Å². The maximum Gasteiger partial charge on any atom is 0.472 e. The first-order valence-corrected chi connectivity index (χ1v) is 22.0. The summed E-state index contributed by atoms with van der Waals surface area (Å²) in [6.45, 7) is 3.29. The second-order valence-electron chi connectivity index (χ2n) is 13.3. The van der Waals surface area contributed by atoms with Crippen LogP contribution in [0.2, 0.25) is 0 Å². The molecule has 0 aliphatic heterocycles. The fraction of sp³-hybridized carbons (Fsp3) is 0.674. The number of aliphatic hydroxyl groups is 1. The topological polar surface area (TPSA) is 155 Å². The summed E-state index contributed by atoms with van der Waals surface area (Å²) in [6.07, 6.45) is 43.2. The molecule has 0 bridgehead atoms. The molecule has 0 rings (SSSR count). The van der Waals surface area contributed by atoms with Crippen LogP contribution in [0.4, 0.5) is 0 Å². The average molecular weight is 780 g/mol.